The van der Waals surface area contributed by atoms with Gasteiger partial charge < -0.3 is 5.11 Å². The van der Waals surface area contributed by atoms with Crippen molar-refractivity contribution in [1.29, 1.82) is 0 Å². The van der Waals surface area contributed by atoms with Crippen LogP contribution < -0.4 is 0 Å². The second kappa shape index (κ2) is 8.47. The maximum absolute atomic E-state index is 14.0. The second-order valence-electron chi connectivity index (χ2n) is 5.86. The SMILES string of the molecule is O=C(c1cc(F)c(F)c(F)c1)c1c(C(F)(F)F)nn(-c2c(F)c(F)cc(F)c2F)c1O.[Cu]. The zero-order valence-electron chi connectivity index (χ0n) is 14.6. The van der Waals surface area contributed by atoms with E-state index in [1.54, 1.807) is 0 Å². The Labute approximate surface area is 180 Å². The van der Waals surface area contributed by atoms with Crippen molar-refractivity contribution in [1.82, 2.24) is 9.78 Å². The number of benzene rings is 2. The van der Waals surface area contributed by atoms with Gasteiger partial charge in [-0.3, -0.25) is 4.79 Å². The van der Waals surface area contributed by atoms with Crippen LogP contribution in [-0.2, 0) is 23.2 Å². The molecule has 2 aromatic carbocycles. The number of hydrogen-bond acceptors (Lipinski definition) is 3. The quantitative estimate of drug-likeness (QED) is 0.177. The molecule has 4 nitrogen and oxygen atoms in total. The Bertz CT molecular complexity index is 1190. The summed E-state index contributed by atoms with van der Waals surface area (Å²) >= 11 is 0. The number of aromatic hydroxyl groups is 1. The Kier molecular flexibility index (Phi) is 6.67. The Balaban J connectivity index is 0.00000363. The van der Waals surface area contributed by atoms with Crippen LogP contribution in [0.25, 0.3) is 5.69 Å². The van der Waals surface area contributed by atoms with Crippen molar-refractivity contribution in [3.05, 3.63) is 75.7 Å². The van der Waals surface area contributed by atoms with Gasteiger partial charge in [-0.25, -0.2) is 30.7 Å². The molecule has 0 aliphatic carbocycles. The normalized spacial score (nSPS) is 11.4. The Hall–Kier alpha value is -3.06. The first-order valence-corrected chi connectivity index (χ1v) is 7.67. The minimum atomic E-state index is -5.61. The van der Waals surface area contributed by atoms with Gasteiger partial charge in [0.2, 0.25) is 11.7 Å². The van der Waals surface area contributed by atoms with Crippen molar-refractivity contribution < 1.29 is 70.9 Å². The summed E-state index contributed by atoms with van der Waals surface area (Å²) in [7, 11) is 0. The third-order valence-electron chi connectivity index (χ3n) is 3.90. The summed E-state index contributed by atoms with van der Waals surface area (Å²) in [6.45, 7) is 0. The van der Waals surface area contributed by atoms with Crippen molar-refractivity contribution >= 4 is 5.78 Å². The number of carbonyl (C=O) groups excluding carboxylic acids is 1. The molecule has 32 heavy (non-hydrogen) atoms. The fourth-order valence-electron chi connectivity index (χ4n) is 2.55. The molecular weight excluding hydrogens is 518 g/mol. The molecule has 0 amide bonds. The van der Waals surface area contributed by atoms with Crippen LogP contribution in [0.3, 0.4) is 0 Å². The molecule has 1 aromatic heterocycles. The van der Waals surface area contributed by atoms with Crippen molar-refractivity contribution in [2.75, 3.05) is 0 Å². The topological polar surface area (TPSA) is 55.1 Å². The van der Waals surface area contributed by atoms with E-state index >= 15 is 0 Å². The first kappa shape index (κ1) is 25.2. The van der Waals surface area contributed by atoms with Gasteiger partial charge in [-0.05, 0) is 12.1 Å². The number of ketones is 1. The molecule has 15 heteroatoms. The number of carbonyl (C=O) groups is 1. The summed E-state index contributed by atoms with van der Waals surface area (Å²) in [5, 5.41) is 12.6. The first-order valence-electron chi connectivity index (χ1n) is 7.67. The summed E-state index contributed by atoms with van der Waals surface area (Å²) in [4.78, 5) is 12.4. The summed E-state index contributed by atoms with van der Waals surface area (Å²) in [5.41, 5.74) is -7.39. The molecule has 0 spiro atoms. The van der Waals surface area contributed by atoms with E-state index in [0.29, 0.717) is 0 Å². The van der Waals surface area contributed by atoms with Crippen molar-refractivity contribution in [2.24, 2.45) is 0 Å². The maximum atomic E-state index is 14.0. The van der Waals surface area contributed by atoms with Gasteiger partial charge >= 0.3 is 6.18 Å². The fourth-order valence-corrected chi connectivity index (χ4v) is 2.55. The van der Waals surface area contributed by atoms with Gasteiger partial charge in [-0.2, -0.15) is 23.0 Å². The van der Waals surface area contributed by atoms with Gasteiger partial charge in [0.05, 0.1) is 0 Å². The molecule has 0 saturated carbocycles. The summed E-state index contributed by atoms with van der Waals surface area (Å²) < 4.78 is 134. The molecule has 0 bridgehead atoms. The van der Waals surface area contributed by atoms with Gasteiger partial charge in [0.15, 0.2) is 46.4 Å². The molecule has 1 heterocycles. The molecule has 0 atom stereocenters. The second-order valence-corrected chi connectivity index (χ2v) is 5.86. The van der Waals surface area contributed by atoms with Crippen LogP contribution in [0, 0.1) is 40.7 Å². The van der Waals surface area contributed by atoms with Crippen LogP contribution in [-0.4, -0.2) is 20.7 Å². The van der Waals surface area contributed by atoms with Crippen LogP contribution in [0.4, 0.5) is 43.9 Å². The Morgan fingerprint density at radius 2 is 1.25 bits per heavy atom. The van der Waals surface area contributed by atoms with Gasteiger partial charge in [0.25, 0.3) is 0 Å². The molecule has 3 aromatic rings. The van der Waals surface area contributed by atoms with E-state index in [-0.39, 0.29) is 35.3 Å². The minimum Gasteiger partial charge on any atom is -0.493 e. The zero-order valence-corrected chi connectivity index (χ0v) is 15.5. The van der Waals surface area contributed by atoms with Crippen molar-refractivity contribution in [2.45, 2.75) is 6.18 Å². The summed E-state index contributed by atoms with van der Waals surface area (Å²) in [6.07, 6.45) is -5.61. The first-order chi connectivity index (χ1) is 14.3. The third-order valence-corrected chi connectivity index (χ3v) is 3.90. The average Bonchev–Trinajstić information content (AvgIpc) is 3.01. The number of nitrogens with zero attached hydrogens (tertiary/aromatic N) is 2. The van der Waals surface area contributed by atoms with E-state index < -0.39 is 85.8 Å². The number of aromatic nitrogens is 2. The van der Waals surface area contributed by atoms with Crippen LogP contribution >= 0.6 is 0 Å². The average molecular weight is 522 g/mol. The summed E-state index contributed by atoms with van der Waals surface area (Å²) in [6, 6.07) is -0.309. The molecule has 3 rings (SSSR count). The summed E-state index contributed by atoms with van der Waals surface area (Å²) in [5.74, 6) is -18.7. The molecule has 0 aliphatic heterocycles. The van der Waals surface area contributed by atoms with E-state index in [4.69, 9.17) is 0 Å². The van der Waals surface area contributed by atoms with E-state index in [1.807, 2.05) is 0 Å². The van der Waals surface area contributed by atoms with Gasteiger partial charge in [-0.1, -0.05) is 0 Å². The van der Waals surface area contributed by atoms with Gasteiger partial charge in [0.1, 0.15) is 11.3 Å². The Morgan fingerprint density at radius 1 is 0.812 bits per heavy atom. The maximum Gasteiger partial charge on any atom is 0.436 e. The molecule has 0 unspecified atom stereocenters. The number of alkyl halides is 3. The van der Waals surface area contributed by atoms with Gasteiger partial charge in [-0.15, -0.1) is 0 Å². The molecule has 0 fully saturated rings. The van der Waals surface area contributed by atoms with Crippen LogP contribution in [0.5, 0.6) is 5.88 Å². The molecular formula is C17H4CuF10N2O2. The van der Waals surface area contributed by atoms with Crippen molar-refractivity contribution in [3.63, 3.8) is 0 Å². The molecule has 175 valence electrons. The third kappa shape index (κ3) is 4.05. The molecule has 1 N–H and O–H groups in total. The standard InChI is InChI=1S/C17H4F10N2O2.Cu/c18-5-1-4(2-6(19)10(5)22)14(30)9-15(17(25,26)27)28-29(16(9)31)13-11(23)7(20)3-8(21)12(13)24;/h1-3,31H;. The van der Waals surface area contributed by atoms with Gasteiger partial charge in [0, 0.05) is 28.7 Å². The van der Waals surface area contributed by atoms with E-state index in [9.17, 15) is 53.8 Å². The predicted octanol–water partition coefficient (Wildman–Crippen LogP) is 4.80. The smallest absolute Gasteiger partial charge is 0.436 e. The predicted molar refractivity (Wildman–Crippen MR) is 79.8 cm³/mol. The van der Waals surface area contributed by atoms with E-state index in [1.165, 1.54) is 0 Å². The van der Waals surface area contributed by atoms with E-state index in [0.717, 1.165) is 0 Å². The zero-order chi connectivity index (χ0) is 23.4. The monoisotopic (exact) mass is 521 g/mol. The molecule has 0 aliphatic rings. The van der Waals surface area contributed by atoms with Crippen LogP contribution in [0.2, 0.25) is 0 Å². The fraction of sp³-hybridized carbons (Fsp3) is 0.0588. The van der Waals surface area contributed by atoms with Crippen LogP contribution in [0.15, 0.2) is 18.2 Å². The Morgan fingerprint density at radius 3 is 1.69 bits per heavy atom. The van der Waals surface area contributed by atoms with Crippen molar-refractivity contribution in [3.8, 4) is 11.6 Å². The van der Waals surface area contributed by atoms with Crippen LogP contribution in [0.1, 0.15) is 21.6 Å². The van der Waals surface area contributed by atoms with E-state index in [2.05, 4.69) is 5.10 Å². The number of hydrogen-bond donors (Lipinski definition) is 1. The number of rotatable bonds is 3. The number of halogens is 10. The molecule has 0 saturated heterocycles. The molecule has 1 radical (unpaired) electrons. The largest absolute Gasteiger partial charge is 0.493 e. The minimum absolute atomic E-state index is 0.